The average molecular weight is 528 g/mol. The van der Waals surface area contributed by atoms with Crippen molar-refractivity contribution in [3.63, 3.8) is 0 Å². The highest BCUT2D eigenvalue weighted by atomic mass is 127. The van der Waals surface area contributed by atoms with Crippen molar-refractivity contribution in [3.8, 4) is 0 Å². The van der Waals surface area contributed by atoms with Gasteiger partial charge in [0.15, 0.2) is 23.3 Å². The molecular formula is C14H11F10IO2. The minimum atomic E-state index is -5.82. The van der Waals surface area contributed by atoms with Crippen LogP contribution >= 0.6 is 22.6 Å². The predicted octanol–water partition coefficient (Wildman–Crippen LogP) is 5.93. The van der Waals surface area contributed by atoms with Gasteiger partial charge in [0, 0.05) is 7.11 Å². The summed E-state index contributed by atoms with van der Waals surface area (Å²) in [6.07, 6.45) is -15.6. The zero-order valence-corrected chi connectivity index (χ0v) is 15.6. The lowest BCUT2D eigenvalue weighted by Crippen LogP contribution is -2.40. The third-order valence-electron chi connectivity index (χ3n) is 3.69. The van der Waals surface area contributed by atoms with Crippen LogP contribution in [-0.4, -0.2) is 24.0 Å². The molecule has 0 heterocycles. The minimum absolute atomic E-state index is 0.630. The lowest BCUT2D eigenvalue weighted by molar-refractivity contribution is -0.234. The molecule has 0 aliphatic rings. The molecule has 3 unspecified atom stereocenters. The van der Waals surface area contributed by atoms with Crippen LogP contribution in [0.5, 0.6) is 0 Å². The standard InChI is InChI=1S/C14H11F10IO2/c1-4(26-2)6(13(19,20)21)12(27-3-25)5-8(15)10(17)7(14(22,23)24)11(18)9(5)16/h4,6,12H,3H2,1-2H3. The molecule has 0 aromatic heterocycles. The normalized spacial score (nSPS) is 16.3. The van der Waals surface area contributed by atoms with E-state index in [0.29, 0.717) is 0 Å². The van der Waals surface area contributed by atoms with Gasteiger partial charge in [-0.25, -0.2) is 17.6 Å². The summed E-state index contributed by atoms with van der Waals surface area (Å²) in [6.45, 7) is 0.842. The molecule has 0 radical (unpaired) electrons. The van der Waals surface area contributed by atoms with E-state index in [9.17, 15) is 43.9 Å². The van der Waals surface area contributed by atoms with Gasteiger partial charge in [0.1, 0.15) is 17.6 Å². The molecule has 0 aliphatic heterocycles. The van der Waals surface area contributed by atoms with Crippen LogP contribution in [-0.2, 0) is 15.7 Å². The number of halogens is 11. The van der Waals surface area contributed by atoms with Crippen molar-refractivity contribution >= 4 is 22.6 Å². The summed E-state index contributed by atoms with van der Waals surface area (Å²) >= 11 is 1.34. The quantitative estimate of drug-likeness (QED) is 0.198. The number of benzene rings is 1. The molecule has 0 N–H and O–H groups in total. The summed E-state index contributed by atoms with van der Waals surface area (Å²) in [5.74, 6) is -13.8. The minimum Gasteiger partial charge on any atom is -0.381 e. The Bertz CT molecular complexity index is 644. The van der Waals surface area contributed by atoms with Crippen LogP contribution in [0.1, 0.15) is 24.2 Å². The maximum Gasteiger partial charge on any atom is 0.422 e. The van der Waals surface area contributed by atoms with Crippen molar-refractivity contribution in [1.29, 1.82) is 0 Å². The molecule has 1 aromatic carbocycles. The fourth-order valence-corrected chi connectivity index (χ4v) is 2.80. The van der Waals surface area contributed by atoms with Gasteiger partial charge < -0.3 is 9.47 Å². The van der Waals surface area contributed by atoms with Crippen LogP contribution in [0.4, 0.5) is 43.9 Å². The molecule has 156 valence electrons. The summed E-state index contributed by atoms with van der Waals surface area (Å²) in [6, 6.07) is 0. The van der Waals surface area contributed by atoms with E-state index in [2.05, 4.69) is 9.47 Å². The van der Waals surface area contributed by atoms with Gasteiger partial charge in [-0.3, -0.25) is 0 Å². The predicted molar refractivity (Wildman–Crippen MR) is 80.0 cm³/mol. The number of hydrogen-bond acceptors (Lipinski definition) is 2. The van der Waals surface area contributed by atoms with Crippen molar-refractivity contribution in [1.82, 2.24) is 0 Å². The first-order valence-electron chi connectivity index (χ1n) is 6.90. The molecule has 0 spiro atoms. The number of hydrogen-bond donors (Lipinski definition) is 0. The topological polar surface area (TPSA) is 18.5 Å². The van der Waals surface area contributed by atoms with Gasteiger partial charge in [0.05, 0.1) is 16.3 Å². The number of ether oxygens (including phenoxy) is 2. The Balaban J connectivity index is 3.81. The molecule has 3 atom stereocenters. The molecule has 0 bridgehead atoms. The Morgan fingerprint density at radius 2 is 1.33 bits per heavy atom. The smallest absolute Gasteiger partial charge is 0.381 e. The van der Waals surface area contributed by atoms with Crippen LogP contribution in [0.3, 0.4) is 0 Å². The second-order valence-electron chi connectivity index (χ2n) is 5.25. The van der Waals surface area contributed by atoms with Gasteiger partial charge in [-0.1, -0.05) is 22.6 Å². The van der Waals surface area contributed by atoms with Gasteiger partial charge in [0.2, 0.25) is 0 Å². The van der Waals surface area contributed by atoms with Gasteiger partial charge in [0.25, 0.3) is 0 Å². The van der Waals surface area contributed by atoms with Gasteiger partial charge >= 0.3 is 12.4 Å². The maximum absolute atomic E-state index is 14.2. The number of rotatable bonds is 6. The van der Waals surface area contributed by atoms with Crippen LogP contribution in [0, 0.1) is 29.2 Å². The average Bonchev–Trinajstić information content (AvgIpc) is 2.50. The molecule has 13 heteroatoms. The lowest BCUT2D eigenvalue weighted by atomic mass is 9.89. The van der Waals surface area contributed by atoms with E-state index in [4.69, 9.17) is 0 Å². The first kappa shape index (κ1) is 24.2. The fourth-order valence-electron chi connectivity index (χ4n) is 2.41. The van der Waals surface area contributed by atoms with Crippen LogP contribution in [0.25, 0.3) is 0 Å². The highest BCUT2D eigenvalue weighted by Crippen LogP contribution is 2.45. The van der Waals surface area contributed by atoms with Crippen molar-refractivity contribution in [2.45, 2.75) is 31.5 Å². The van der Waals surface area contributed by atoms with E-state index >= 15 is 0 Å². The Morgan fingerprint density at radius 3 is 1.63 bits per heavy atom. The molecule has 0 saturated carbocycles. The second kappa shape index (κ2) is 8.68. The van der Waals surface area contributed by atoms with Crippen molar-refractivity contribution < 1.29 is 53.4 Å². The molecule has 0 amide bonds. The van der Waals surface area contributed by atoms with Crippen LogP contribution in [0.15, 0.2) is 0 Å². The van der Waals surface area contributed by atoms with Crippen LogP contribution in [0.2, 0.25) is 0 Å². The van der Waals surface area contributed by atoms with Crippen LogP contribution < -0.4 is 0 Å². The Labute approximate surface area is 159 Å². The number of methoxy groups -OCH3 is 1. The van der Waals surface area contributed by atoms with E-state index in [-0.39, 0.29) is 0 Å². The highest BCUT2D eigenvalue weighted by molar-refractivity contribution is 14.1. The largest absolute Gasteiger partial charge is 0.422 e. The Kier molecular flexibility index (Phi) is 7.78. The van der Waals surface area contributed by atoms with E-state index in [1.54, 1.807) is 0 Å². The number of alkyl halides is 7. The monoisotopic (exact) mass is 528 g/mol. The molecule has 27 heavy (non-hydrogen) atoms. The van der Waals surface area contributed by atoms with E-state index in [1.807, 2.05) is 0 Å². The van der Waals surface area contributed by atoms with Crippen molar-refractivity contribution in [3.05, 3.63) is 34.4 Å². The first-order valence-corrected chi connectivity index (χ1v) is 8.42. The zero-order chi connectivity index (χ0) is 21.3. The Hall–Kier alpha value is -0.830. The molecule has 2 nitrogen and oxygen atoms in total. The summed E-state index contributed by atoms with van der Waals surface area (Å²) < 4.78 is 142. The summed E-state index contributed by atoms with van der Waals surface area (Å²) in [5.41, 5.74) is -4.83. The highest BCUT2D eigenvalue weighted by Gasteiger charge is 2.52. The van der Waals surface area contributed by atoms with E-state index < -0.39 is 69.5 Å². The van der Waals surface area contributed by atoms with E-state index in [1.165, 1.54) is 22.6 Å². The molecule has 1 rings (SSSR count). The van der Waals surface area contributed by atoms with Crippen molar-refractivity contribution in [2.24, 2.45) is 5.92 Å². The first-order chi connectivity index (χ1) is 12.2. The maximum atomic E-state index is 14.2. The second-order valence-corrected chi connectivity index (χ2v) is 5.87. The zero-order valence-electron chi connectivity index (χ0n) is 13.4. The van der Waals surface area contributed by atoms with Crippen molar-refractivity contribution in [2.75, 3.05) is 11.7 Å². The fraction of sp³-hybridized carbons (Fsp3) is 0.571. The summed E-state index contributed by atoms with van der Waals surface area (Å²) in [7, 11) is 0.825. The SMILES string of the molecule is COC(C)C(C(OCI)c1c(F)c(F)c(C(F)(F)F)c(F)c1F)C(F)(F)F. The van der Waals surface area contributed by atoms with Gasteiger partial charge in [-0.15, -0.1) is 0 Å². The molecule has 0 fully saturated rings. The Morgan fingerprint density at radius 1 is 0.889 bits per heavy atom. The molecule has 1 aromatic rings. The van der Waals surface area contributed by atoms with E-state index in [0.717, 1.165) is 14.0 Å². The molecule has 0 aliphatic carbocycles. The molecular weight excluding hydrogens is 517 g/mol. The summed E-state index contributed by atoms with van der Waals surface area (Å²) in [5, 5.41) is 0. The lowest BCUT2D eigenvalue weighted by Gasteiger charge is -2.33. The molecule has 0 saturated heterocycles. The third kappa shape index (κ3) is 4.96. The summed E-state index contributed by atoms with van der Waals surface area (Å²) in [4.78, 5) is 0. The third-order valence-corrected chi connectivity index (χ3v) is 4.05. The van der Waals surface area contributed by atoms with Gasteiger partial charge in [-0.05, 0) is 6.92 Å². The van der Waals surface area contributed by atoms with Gasteiger partial charge in [-0.2, -0.15) is 26.3 Å².